The van der Waals surface area contributed by atoms with Crippen molar-refractivity contribution in [3.05, 3.63) is 64.7 Å². The third-order valence-electron chi connectivity index (χ3n) is 4.28. The summed E-state index contributed by atoms with van der Waals surface area (Å²) < 4.78 is 5.37. The molecule has 2 nitrogen and oxygen atoms in total. The molecule has 1 N–H and O–H groups in total. The smallest absolute Gasteiger partial charge is 0.119 e. The molecule has 3 heteroatoms. The zero-order valence-corrected chi connectivity index (χ0v) is 12.9. The Bertz CT molecular complexity index is 614. The molecule has 21 heavy (non-hydrogen) atoms. The minimum atomic E-state index is 0.449. The highest BCUT2D eigenvalue weighted by Crippen LogP contribution is 2.38. The first kappa shape index (κ1) is 14.4. The summed E-state index contributed by atoms with van der Waals surface area (Å²) in [5.41, 5.74) is 2.66. The van der Waals surface area contributed by atoms with Crippen LogP contribution in [0.1, 0.15) is 29.4 Å². The number of halogens is 1. The molecule has 2 atom stereocenters. The number of hydrogen-bond donors (Lipinski definition) is 1. The van der Waals surface area contributed by atoms with Crippen LogP contribution >= 0.6 is 11.6 Å². The van der Waals surface area contributed by atoms with Crippen molar-refractivity contribution in [3.63, 3.8) is 0 Å². The van der Waals surface area contributed by atoms with Crippen LogP contribution in [-0.2, 0) is 0 Å². The molecule has 1 aliphatic heterocycles. The predicted octanol–water partition coefficient (Wildman–Crippen LogP) is 4.21. The summed E-state index contributed by atoms with van der Waals surface area (Å²) >= 11 is 6.17. The van der Waals surface area contributed by atoms with Crippen molar-refractivity contribution < 1.29 is 4.74 Å². The van der Waals surface area contributed by atoms with Crippen molar-refractivity contribution >= 4 is 11.6 Å². The highest BCUT2D eigenvalue weighted by atomic mass is 35.5. The molecule has 0 bridgehead atoms. The third-order valence-corrected chi connectivity index (χ3v) is 4.52. The van der Waals surface area contributed by atoms with Gasteiger partial charge in [-0.05, 0) is 54.3 Å². The number of piperidine rings is 1. The lowest BCUT2D eigenvalue weighted by Gasteiger charge is -2.33. The molecule has 1 aliphatic rings. The van der Waals surface area contributed by atoms with Gasteiger partial charge in [0.05, 0.1) is 7.11 Å². The SMILES string of the molecule is COc1cccc(C2CCNCC2c2cccc(Cl)c2)c1. The predicted molar refractivity (Wildman–Crippen MR) is 87.4 cm³/mol. The van der Waals surface area contributed by atoms with E-state index in [2.05, 4.69) is 35.6 Å². The molecule has 0 saturated carbocycles. The van der Waals surface area contributed by atoms with Gasteiger partial charge in [0.15, 0.2) is 0 Å². The number of methoxy groups -OCH3 is 1. The van der Waals surface area contributed by atoms with Gasteiger partial charge >= 0.3 is 0 Å². The standard InChI is InChI=1S/C18H20ClNO/c1-21-16-7-3-5-14(11-16)17-8-9-20-12-18(17)13-4-2-6-15(19)10-13/h2-7,10-11,17-18,20H,8-9,12H2,1H3. The van der Waals surface area contributed by atoms with Crippen molar-refractivity contribution in [1.29, 1.82) is 0 Å². The average Bonchev–Trinajstić information content (AvgIpc) is 2.55. The van der Waals surface area contributed by atoms with Crippen LogP contribution in [0, 0.1) is 0 Å². The quantitative estimate of drug-likeness (QED) is 0.917. The molecule has 2 unspecified atom stereocenters. The number of nitrogens with one attached hydrogen (secondary N) is 1. The summed E-state index contributed by atoms with van der Waals surface area (Å²) in [6.45, 7) is 2.04. The maximum absolute atomic E-state index is 6.17. The van der Waals surface area contributed by atoms with E-state index in [-0.39, 0.29) is 0 Å². The highest BCUT2D eigenvalue weighted by Gasteiger charge is 2.28. The van der Waals surface area contributed by atoms with Crippen LogP contribution in [0.4, 0.5) is 0 Å². The summed E-state index contributed by atoms with van der Waals surface area (Å²) in [6.07, 6.45) is 1.13. The lowest BCUT2D eigenvalue weighted by atomic mass is 9.77. The fourth-order valence-corrected chi connectivity index (χ4v) is 3.42. The second-order valence-corrected chi connectivity index (χ2v) is 5.97. The summed E-state index contributed by atoms with van der Waals surface area (Å²) in [6, 6.07) is 16.7. The van der Waals surface area contributed by atoms with Crippen LogP contribution in [0.3, 0.4) is 0 Å². The molecule has 0 spiro atoms. The Balaban J connectivity index is 1.94. The summed E-state index contributed by atoms with van der Waals surface area (Å²) in [4.78, 5) is 0. The van der Waals surface area contributed by atoms with Gasteiger partial charge in [-0.15, -0.1) is 0 Å². The number of hydrogen-bond acceptors (Lipinski definition) is 2. The van der Waals surface area contributed by atoms with Crippen LogP contribution < -0.4 is 10.1 Å². The van der Waals surface area contributed by atoms with Gasteiger partial charge < -0.3 is 10.1 Å². The van der Waals surface area contributed by atoms with Crippen molar-refractivity contribution in [2.45, 2.75) is 18.3 Å². The van der Waals surface area contributed by atoms with E-state index in [9.17, 15) is 0 Å². The lowest BCUT2D eigenvalue weighted by molar-refractivity contribution is 0.396. The Morgan fingerprint density at radius 2 is 1.81 bits per heavy atom. The van der Waals surface area contributed by atoms with Crippen LogP contribution in [-0.4, -0.2) is 20.2 Å². The fourth-order valence-electron chi connectivity index (χ4n) is 3.22. The average molecular weight is 302 g/mol. The first-order valence-electron chi connectivity index (χ1n) is 7.38. The minimum absolute atomic E-state index is 0.449. The molecular weight excluding hydrogens is 282 g/mol. The molecule has 0 radical (unpaired) electrons. The second kappa shape index (κ2) is 6.50. The van der Waals surface area contributed by atoms with E-state index in [1.807, 2.05) is 18.2 Å². The third kappa shape index (κ3) is 3.22. The number of benzene rings is 2. The van der Waals surface area contributed by atoms with Gasteiger partial charge in [0.2, 0.25) is 0 Å². The first-order valence-corrected chi connectivity index (χ1v) is 7.76. The second-order valence-electron chi connectivity index (χ2n) is 5.54. The van der Waals surface area contributed by atoms with Gasteiger partial charge in [-0.3, -0.25) is 0 Å². The summed E-state index contributed by atoms with van der Waals surface area (Å²) in [5, 5.41) is 4.31. The summed E-state index contributed by atoms with van der Waals surface area (Å²) in [7, 11) is 1.72. The Morgan fingerprint density at radius 3 is 2.57 bits per heavy atom. The monoisotopic (exact) mass is 301 g/mol. The molecule has 0 amide bonds. The largest absolute Gasteiger partial charge is 0.497 e. The zero-order valence-electron chi connectivity index (χ0n) is 12.2. The van der Waals surface area contributed by atoms with Gasteiger partial charge in [0.25, 0.3) is 0 Å². The molecule has 0 aliphatic carbocycles. The van der Waals surface area contributed by atoms with Gasteiger partial charge in [0.1, 0.15) is 5.75 Å². The van der Waals surface area contributed by atoms with Gasteiger partial charge in [-0.2, -0.15) is 0 Å². The van der Waals surface area contributed by atoms with Gasteiger partial charge in [0, 0.05) is 17.5 Å². The van der Waals surface area contributed by atoms with E-state index in [1.165, 1.54) is 11.1 Å². The normalized spacial score (nSPS) is 22.0. The molecule has 2 aromatic carbocycles. The first-order chi connectivity index (χ1) is 10.3. The molecule has 3 rings (SSSR count). The van der Waals surface area contributed by atoms with Gasteiger partial charge in [-0.25, -0.2) is 0 Å². The molecule has 1 fully saturated rings. The van der Waals surface area contributed by atoms with E-state index in [0.29, 0.717) is 11.8 Å². The number of rotatable bonds is 3. The Labute approximate surface area is 131 Å². The summed E-state index contributed by atoms with van der Waals surface area (Å²) in [5.74, 6) is 1.88. The minimum Gasteiger partial charge on any atom is -0.497 e. The van der Waals surface area contributed by atoms with Crippen molar-refractivity contribution in [1.82, 2.24) is 5.32 Å². The molecule has 110 valence electrons. The molecular formula is C18H20ClNO. The number of ether oxygens (including phenoxy) is 1. The lowest BCUT2D eigenvalue weighted by Crippen LogP contribution is -2.34. The highest BCUT2D eigenvalue weighted by molar-refractivity contribution is 6.30. The van der Waals surface area contributed by atoms with Crippen LogP contribution in [0.2, 0.25) is 5.02 Å². The topological polar surface area (TPSA) is 21.3 Å². The molecule has 2 aromatic rings. The van der Waals surface area contributed by atoms with E-state index in [0.717, 1.165) is 30.3 Å². The van der Waals surface area contributed by atoms with Crippen LogP contribution in [0.15, 0.2) is 48.5 Å². The fraction of sp³-hybridized carbons (Fsp3) is 0.333. The van der Waals surface area contributed by atoms with Crippen molar-refractivity contribution in [2.24, 2.45) is 0 Å². The molecule has 0 aromatic heterocycles. The van der Waals surface area contributed by atoms with Gasteiger partial charge in [-0.1, -0.05) is 35.9 Å². The maximum Gasteiger partial charge on any atom is 0.119 e. The van der Waals surface area contributed by atoms with Crippen LogP contribution in [0.25, 0.3) is 0 Å². The van der Waals surface area contributed by atoms with Crippen molar-refractivity contribution in [2.75, 3.05) is 20.2 Å². The maximum atomic E-state index is 6.17. The zero-order chi connectivity index (χ0) is 14.7. The van der Waals surface area contributed by atoms with Crippen molar-refractivity contribution in [3.8, 4) is 5.75 Å². The molecule has 1 heterocycles. The van der Waals surface area contributed by atoms with E-state index < -0.39 is 0 Å². The Hall–Kier alpha value is -1.51. The van der Waals surface area contributed by atoms with E-state index in [1.54, 1.807) is 7.11 Å². The Kier molecular flexibility index (Phi) is 4.47. The molecule has 1 saturated heterocycles. The van der Waals surface area contributed by atoms with Crippen LogP contribution in [0.5, 0.6) is 5.75 Å². The van der Waals surface area contributed by atoms with E-state index in [4.69, 9.17) is 16.3 Å². The van der Waals surface area contributed by atoms with E-state index >= 15 is 0 Å². The Morgan fingerprint density at radius 1 is 1.05 bits per heavy atom.